The van der Waals surface area contributed by atoms with Gasteiger partial charge in [0.05, 0.1) is 23.6 Å². The number of nitrogens with zero attached hydrogens (tertiary/aromatic N) is 1. The zero-order chi connectivity index (χ0) is 19.8. The summed E-state index contributed by atoms with van der Waals surface area (Å²) in [5, 5.41) is 24.1. The second-order valence-electron chi connectivity index (χ2n) is 7.76. The average molecular weight is 409 g/mol. The number of fused-ring (bicyclic) bond motifs is 1. The third-order valence-electron chi connectivity index (χ3n) is 5.70. The second kappa shape index (κ2) is 7.69. The molecule has 0 radical (unpaired) electrons. The summed E-state index contributed by atoms with van der Waals surface area (Å²) in [4.78, 5) is 5.83. The molecule has 0 amide bonds. The van der Waals surface area contributed by atoms with Gasteiger partial charge in [0.2, 0.25) is 0 Å². The largest absolute Gasteiger partial charge is 0.508 e. The first-order valence-electron chi connectivity index (χ1n) is 10.2. The van der Waals surface area contributed by atoms with Gasteiger partial charge in [0.1, 0.15) is 5.75 Å². The van der Waals surface area contributed by atoms with Gasteiger partial charge < -0.3 is 20.3 Å². The maximum absolute atomic E-state index is 10.2. The van der Waals surface area contributed by atoms with E-state index >= 15 is 0 Å². The van der Waals surface area contributed by atoms with Crippen molar-refractivity contribution in [2.75, 3.05) is 5.32 Å². The molecule has 3 aromatic rings. The van der Waals surface area contributed by atoms with Gasteiger partial charge in [-0.2, -0.15) is 0 Å². The molecule has 5 rings (SSSR count). The third-order valence-corrected chi connectivity index (χ3v) is 6.74. The molecule has 1 heterocycles. The van der Waals surface area contributed by atoms with E-state index in [9.17, 15) is 10.2 Å². The van der Waals surface area contributed by atoms with Crippen LogP contribution in [0.2, 0.25) is 0 Å². The summed E-state index contributed by atoms with van der Waals surface area (Å²) in [5.74, 6) is 1.06. The molecule has 1 atom stereocenters. The molecule has 0 saturated heterocycles. The number of aryl methyl sites for hydroxylation is 1. The number of anilines is 2. The topological polar surface area (TPSA) is 74.6 Å². The van der Waals surface area contributed by atoms with E-state index in [-0.39, 0.29) is 11.9 Å². The zero-order valence-electron chi connectivity index (χ0n) is 16.1. The second-order valence-corrected chi connectivity index (χ2v) is 8.84. The average Bonchev–Trinajstić information content (AvgIpc) is 3.10. The molecule has 6 heteroatoms. The van der Waals surface area contributed by atoms with Crippen LogP contribution < -0.4 is 10.1 Å². The Labute approximate surface area is 174 Å². The minimum Gasteiger partial charge on any atom is -0.508 e. The van der Waals surface area contributed by atoms with E-state index in [1.807, 2.05) is 30.3 Å². The minimum atomic E-state index is -0.459. The number of aliphatic hydroxyl groups excluding tert-OH is 1. The van der Waals surface area contributed by atoms with E-state index in [0.717, 1.165) is 65.5 Å². The maximum Gasteiger partial charge on any atom is 0.187 e. The van der Waals surface area contributed by atoms with Crippen LogP contribution in [0.15, 0.2) is 42.5 Å². The number of nitrogens with one attached hydrogen (secondary N) is 1. The highest BCUT2D eigenvalue weighted by atomic mass is 32.1. The van der Waals surface area contributed by atoms with E-state index in [1.54, 1.807) is 23.5 Å². The fourth-order valence-corrected chi connectivity index (χ4v) is 4.92. The molecule has 0 bridgehead atoms. The lowest BCUT2D eigenvalue weighted by Crippen LogP contribution is -2.25. The van der Waals surface area contributed by atoms with Crippen molar-refractivity contribution in [2.45, 2.75) is 50.7 Å². The summed E-state index contributed by atoms with van der Waals surface area (Å²) >= 11 is 1.61. The first-order chi connectivity index (χ1) is 14.2. The lowest BCUT2D eigenvalue weighted by molar-refractivity contribution is 0.122. The van der Waals surface area contributed by atoms with Gasteiger partial charge in [-0.05, 0) is 62.3 Å². The molecule has 1 unspecified atom stereocenters. The number of rotatable bonds is 5. The van der Waals surface area contributed by atoms with E-state index in [2.05, 4.69) is 10.3 Å². The van der Waals surface area contributed by atoms with Gasteiger partial charge in [0.15, 0.2) is 10.9 Å². The predicted molar refractivity (Wildman–Crippen MR) is 115 cm³/mol. The van der Waals surface area contributed by atoms with Crippen molar-refractivity contribution in [3.63, 3.8) is 0 Å². The van der Waals surface area contributed by atoms with Crippen molar-refractivity contribution in [3.05, 3.63) is 53.0 Å². The van der Waals surface area contributed by atoms with E-state index in [4.69, 9.17) is 4.74 Å². The van der Waals surface area contributed by atoms with Gasteiger partial charge in [-0.15, -0.1) is 11.3 Å². The SMILES string of the molecule is Oc1ccc(-c2cccc(Nc3nc4c(s3)CCCC4O)c2OC2CCC2)cc1. The quantitative estimate of drug-likeness (QED) is 0.515. The summed E-state index contributed by atoms with van der Waals surface area (Å²) in [7, 11) is 0. The summed E-state index contributed by atoms with van der Waals surface area (Å²) < 4.78 is 6.40. The van der Waals surface area contributed by atoms with E-state index in [0.29, 0.717) is 0 Å². The van der Waals surface area contributed by atoms with Gasteiger partial charge in [-0.25, -0.2) is 4.98 Å². The lowest BCUT2D eigenvalue weighted by atomic mass is 9.95. The normalized spacial score (nSPS) is 18.7. The van der Waals surface area contributed by atoms with Crippen LogP contribution in [0, 0.1) is 0 Å². The first kappa shape index (κ1) is 18.5. The van der Waals surface area contributed by atoms with Crippen molar-refractivity contribution in [1.29, 1.82) is 0 Å². The molecule has 150 valence electrons. The molecule has 29 heavy (non-hydrogen) atoms. The maximum atomic E-state index is 10.2. The Balaban J connectivity index is 1.51. The number of aromatic hydroxyl groups is 1. The van der Waals surface area contributed by atoms with Crippen LogP contribution in [0.5, 0.6) is 11.5 Å². The van der Waals surface area contributed by atoms with E-state index in [1.165, 1.54) is 11.3 Å². The monoisotopic (exact) mass is 408 g/mol. The molecule has 2 aliphatic rings. The van der Waals surface area contributed by atoms with Crippen LogP contribution in [0.3, 0.4) is 0 Å². The van der Waals surface area contributed by atoms with Crippen LogP contribution in [0.1, 0.15) is 48.8 Å². The van der Waals surface area contributed by atoms with Gasteiger partial charge in [-0.1, -0.05) is 24.3 Å². The van der Waals surface area contributed by atoms with E-state index < -0.39 is 6.10 Å². The fraction of sp³-hybridized carbons (Fsp3) is 0.348. The number of phenolic OH excluding ortho intramolecular Hbond substituents is 1. The molecular formula is C23H24N2O3S. The Kier molecular flexibility index (Phi) is 4.89. The molecule has 5 nitrogen and oxygen atoms in total. The Morgan fingerprint density at radius 2 is 1.86 bits per heavy atom. The molecule has 0 aliphatic heterocycles. The van der Waals surface area contributed by atoms with Crippen LogP contribution in [-0.4, -0.2) is 21.3 Å². The number of hydrogen-bond donors (Lipinski definition) is 3. The standard InChI is InChI=1S/C23H24N2O3S/c26-15-12-10-14(11-13-15)17-6-2-7-18(22(17)28-16-4-1-5-16)24-23-25-21-19(27)8-3-9-20(21)29-23/h2,6-7,10-13,16,19,26-27H,1,3-5,8-9H2,(H,24,25). The molecule has 1 aromatic heterocycles. The Morgan fingerprint density at radius 3 is 2.59 bits per heavy atom. The molecule has 0 spiro atoms. The molecule has 1 fully saturated rings. The highest BCUT2D eigenvalue weighted by molar-refractivity contribution is 7.15. The number of aliphatic hydroxyl groups is 1. The summed E-state index contributed by atoms with van der Waals surface area (Å²) in [6.07, 6.45) is 5.88. The van der Waals surface area contributed by atoms with Crippen molar-refractivity contribution in [2.24, 2.45) is 0 Å². The number of para-hydroxylation sites is 1. The Bertz CT molecular complexity index is 1010. The lowest BCUT2D eigenvalue weighted by Gasteiger charge is -2.29. The summed E-state index contributed by atoms with van der Waals surface area (Å²) in [6, 6.07) is 13.2. The minimum absolute atomic E-state index is 0.236. The predicted octanol–water partition coefficient (Wildman–Crippen LogP) is 5.56. The van der Waals surface area contributed by atoms with Gasteiger partial charge >= 0.3 is 0 Å². The molecular weight excluding hydrogens is 384 g/mol. The van der Waals surface area contributed by atoms with Gasteiger partial charge in [0.25, 0.3) is 0 Å². The number of hydrogen-bond acceptors (Lipinski definition) is 6. The smallest absolute Gasteiger partial charge is 0.187 e. The Morgan fingerprint density at radius 1 is 1.03 bits per heavy atom. The number of aromatic nitrogens is 1. The van der Waals surface area contributed by atoms with Crippen LogP contribution in [0.25, 0.3) is 11.1 Å². The number of benzene rings is 2. The zero-order valence-corrected chi connectivity index (χ0v) is 16.9. The van der Waals surface area contributed by atoms with Gasteiger partial charge in [0, 0.05) is 10.4 Å². The highest BCUT2D eigenvalue weighted by Crippen LogP contribution is 2.42. The summed E-state index contributed by atoms with van der Waals surface area (Å²) in [5.41, 5.74) is 3.68. The van der Waals surface area contributed by atoms with Crippen molar-refractivity contribution in [1.82, 2.24) is 4.98 Å². The molecule has 3 N–H and O–H groups in total. The van der Waals surface area contributed by atoms with Crippen LogP contribution in [0.4, 0.5) is 10.8 Å². The van der Waals surface area contributed by atoms with Crippen LogP contribution >= 0.6 is 11.3 Å². The number of phenols is 1. The number of thiazole rings is 1. The molecule has 2 aliphatic carbocycles. The van der Waals surface area contributed by atoms with Gasteiger partial charge in [-0.3, -0.25) is 0 Å². The fourth-order valence-electron chi connectivity index (χ4n) is 3.85. The third kappa shape index (κ3) is 3.70. The van der Waals surface area contributed by atoms with Crippen molar-refractivity contribution >= 4 is 22.2 Å². The van der Waals surface area contributed by atoms with Crippen molar-refractivity contribution in [3.8, 4) is 22.6 Å². The summed E-state index contributed by atoms with van der Waals surface area (Å²) in [6.45, 7) is 0. The Hall–Kier alpha value is -2.57. The van der Waals surface area contributed by atoms with Crippen LogP contribution in [-0.2, 0) is 6.42 Å². The first-order valence-corrected chi connectivity index (χ1v) is 11.0. The molecule has 2 aromatic carbocycles. The highest BCUT2D eigenvalue weighted by Gasteiger charge is 2.25. The molecule has 1 saturated carbocycles. The number of ether oxygens (including phenoxy) is 1. The van der Waals surface area contributed by atoms with Crippen molar-refractivity contribution < 1.29 is 14.9 Å².